The Morgan fingerprint density at radius 1 is 1.37 bits per heavy atom. The number of ketones is 1. The molecule has 2 N–H and O–H groups in total. The maximum Gasteiger partial charge on any atom is 0.306 e. The third-order valence-corrected chi connectivity index (χ3v) is 5.10. The van der Waals surface area contributed by atoms with Crippen LogP contribution in [0.4, 0.5) is 0 Å². The molecule has 1 rings (SSSR count). The summed E-state index contributed by atoms with van der Waals surface area (Å²) in [5.41, 5.74) is -0.749. The Bertz CT molecular complexity index is 567. The minimum absolute atomic E-state index is 0.0752. The van der Waals surface area contributed by atoms with E-state index in [0.29, 0.717) is 25.7 Å². The number of methoxy groups -OCH3 is 1. The summed E-state index contributed by atoms with van der Waals surface area (Å²) in [5, 5.41) is 20.6. The molecular weight excluding hydrogens is 344 g/mol. The molecule has 5 nitrogen and oxygen atoms in total. The van der Waals surface area contributed by atoms with Crippen LogP contribution >= 0.6 is 0 Å². The van der Waals surface area contributed by atoms with Crippen LogP contribution in [0.5, 0.6) is 0 Å². The first-order chi connectivity index (χ1) is 12.8. The van der Waals surface area contributed by atoms with Gasteiger partial charge in [-0.1, -0.05) is 31.9 Å². The highest BCUT2D eigenvalue weighted by Crippen LogP contribution is 2.34. The fourth-order valence-electron chi connectivity index (χ4n) is 3.40. The summed E-state index contributed by atoms with van der Waals surface area (Å²) in [6.45, 7) is 3.92. The second-order valence-corrected chi connectivity index (χ2v) is 7.62. The third kappa shape index (κ3) is 8.73. The van der Waals surface area contributed by atoms with E-state index in [1.54, 1.807) is 0 Å². The standard InChI is InChI=1S/C22H34O5/c1-4-5-14-22(2,26)15-10-12-18-17(19(23)16-20(18)24)11-8-6-7-9-13-21(25)27-3/h10,12,17-18,20,24,26H,4-5,8-9,11,13-16H2,1-3H3/b12-10+/t17-,18-,20-,22?/m1/s1. The molecule has 1 unspecified atom stereocenters. The number of esters is 1. The molecule has 0 amide bonds. The van der Waals surface area contributed by atoms with Gasteiger partial charge in [0.2, 0.25) is 0 Å². The Hall–Kier alpha value is -1.64. The van der Waals surface area contributed by atoms with Crippen LogP contribution in [0.15, 0.2) is 12.2 Å². The molecule has 152 valence electrons. The van der Waals surface area contributed by atoms with Crippen LogP contribution in [0, 0.1) is 23.7 Å². The van der Waals surface area contributed by atoms with Gasteiger partial charge in [-0.2, -0.15) is 0 Å². The van der Waals surface area contributed by atoms with Gasteiger partial charge < -0.3 is 14.9 Å². The Kier molecular flexibility index (Phi) is 10.4. The van der Waals surface area contributed by atoms with E-state index in [1.807, 2.05) is 19.1 Å². The topological polar surface area (TPSA) is 83.8 Å². The average molecular weight is 379 g/mol. The van der Waals surface area contributed by atoms with Gasteiger partial charge >= 0.3 is 5.97 Å². The normalized spacial score (nSPS) is 24.5. The van der Waals surface area contributed by atoms with Gasteiger partial charge in [-0.3, -0.25) is 9.59 Å². The lowest BCUT2D eigenvalue weighted by Gasteiger charge is -2.22. The van der Waals surface area contributed by atoms with Crippen LogP contribution in [0.3, 0.4) is 0 Å². The van der Waals surface area contributed by atoms with Crippen molar-refractivity contribution in [1.82, 2.24) is 0 Å². The number of unbranched alkanes of at least 4 members (excludes halogenated alkanes) is 1. The minimum Gasteiger partial charge on any atom is -0.469 e. The number of carbonyl (C=O) groups is 2. The average Bonchev–Trinajstić information content (AvgIpc) is 2.89. The Labute approximate surface area is 163 Å². The first-order valence-electron chi connectivity index (χ1n) is 9.93. The second-order valence-electron chi connectivity index (χ2n) is 7.62. The number of Topliss-reactive ketones (excluding diaryl/α,β-unsaturated/α-hetero) is 1. The quantitative estimate of drug-likeness (QED) is 0.346. The zero-order chi connectivity index (χ0) is 20.3. The molecular formula is C22H34O5. The Morgan fingerprint density at radius 3 is 2.74 bits per heavy atom. The number of carbonyl (C=O) groups excluding carboxylic acids is 2. The number of ether oxygens (including phenoxy) is 1. The molecule has 0 aromatic heterocycles. The van der Waals surface area contributed by atoms with Crippen molar-refractivity contribution < 1.29 is 24.5 Å². The fourth-order valence-corrected chi connectivity index (χ4v) is 3.40. The van der Waals surface area contributed by atoms with Crippen LogP contribution in [-0.4, -0.2) is 40.8 Å². The molecule has 0 heterocycles. The van der Waals surface area contributed by atoms with Crippen LogP contribution in [-0.2, 0) is 14.3 Å². The third-order valence-electron chi connectivity index (χ3n) is 5.10. The maximum atomic E-state index is 12.2. The monoisotopic (exact) mass is 378 g/mol. The molecule has 0 aliphatic heterocycles. The van der Waals surface area contributed by atoms with Crippen LogP contribution < -0.4 is 0 Å². The molecule has 1 fully saturated rings. The Balaban J connectivity index is 2.52. The van der Waals surface area contributed by atoms with Gasteiger partial charge in [0, 0.05) is 31.1 Å². The van der Waals surface area contributed by atoms with E-state index in [0.717, 1.165) is 19.3 Å². The predicted molar refractivity (Wildman–Crippen MR) is 105 cm³/mol. The van der Waals surface area contributed by atoms with E-state index < -0.39 is 11.7 Å². The van der Waals surface area contributed by atoms with Crippen molar-refractivity contribution in [3.63, 3.8) is 0 Å². The highest BCUT2D eigenvalue weighted by molar-refractivity contribution is 5.84. The van der Waals surface area contributed by atoms with Crippen LogP contribution in [0.25, 0.3) is 0 Å². The molecule has 5 heteroatoms. The summed E-state index contributed by atoms with van der Waals surface area (Å²) in [5.74, 6) is 5.27. The van der Waals surface area contributed by atoms with Crippen molar-refractivity contribution in [1.29, 1.82) is 0 Å². The van der Waals surface area contributed by atoms with Gasteiger partial charge in [-0.05, 0) is 26.2 Å². The SMILES string of the molecule is CCCCC(C)(O)C/C=C/[C@H]1[C@H](O)CC(=O)[C@@H]1CCC#CCCC(=O)OC. The van der Waals surface area contributed by atoms with Gasteiger partial charge in [0.1, 0.15) is 5.78 Å². The molecule has 4 atom stereocenters. The van der Waals surface area contributed by atoms with Crippen molar-refractivity contribution in [2.45, 2.75) is 83.3 Å². The summed E-state index contributed by atoms with van der Waals surface area (Å²) < 4.78 is 4.56. The molecule has 0 aromatic rings. The summed E-state index contributed by atoms with van der Waals surface area (Å²) in [4.78, 5) is 23.2. The van der Waals surface area contributed by atoms with Crippen molar-refractivity contribution in [3.05, 3.63) is 12.2 Å². The van der Waals surface area contributed by atoms with Crippen molar-refractivity contribution in [3.8, 4) is 11.8 Å². The van der Waals surface area contributed by atoms with Crippen LogP contribution in [0.1, 0.15) is 71.6 Å². The predicted octanol–water partition coefficient (Wildman–Crippen LogP) is 3.18. The van der Waals surface area contributed by atoms with E-state index in [1.165, 1.54) is 7.11 Å². The van der Waals surface area contributed by atoms with E-state index in [2.05, 4.69) is 23.5 Å². The Morgan fingerprint density at radius 2 is 2.07 bits per heavy atom. The first kappa shape index (κ1) is 23.4. The number of hydrogen-bond acceptors (Lipinski definition) is 5. The molecule has 1 aliphatic carbocycles. The summed E-state index contributed by atoms with van der Waals surface area (Å²) in [6.07, 6.45) is 8.47. The minimum atomic E-state index is -0.749. The molecule has 0 saturated heterocycles. The lowest BCUT2D eigenvalue weighted by Crippen LogP contribution is -2.23. The number of aliphatic hydroxyl groups is 2. The smallest absolute Gasteiger partial charge is 0.306 e. The highest BCUT2D eigenvalue weighted by atomic mass is 16.5. The molecule has 27 heavy (non-hydrogen) atoms. The van der Waals surface area contributed by atoms with Gasteiger partial charge in [0.25, 0.3) is 0 Å². The van der Waals surface area contributed by atoms with Gasteiger partial charge in [-0.25, -0.2) is 0 Å². The lowest BCUT2D eigenvalue weighted by atomic mass is 9.88. The highest BCUT2D eigenvalue weighted by Gasteiger charge is 2.39. The van der Waals surface area contributed by atoms with E-state index in [4.69, 9.17) is 0 Å². The molecule has 1 aliphatic rings. The maximum absolute atomic E-state index is 12.2. The largest absolute Gasteiger partial charge is 0.469 e. The van der Waals surface area contributed by atoms with Gasteiger partial charge in [-0.15, -0.1) is 11.8 Å². The van der Waals surface area contributed by atoms with E-state index in [-0.39, 0.29) is 36.4 Å². The number of aliphatic hydroxyl groups excluding tert-OH is 1. The molecule has 0 spiro atoms. The molecule has 0 radical (unpaired) electrons. The molecule has 0 bridgehead atoms. The summed E-state index contributed by atoms with van der Waals surface area (Å²) in [7, 11) is 1.35. The lowest BCUT2D eigenvalue weighted by molar-refractivity contribution is -0.140. The number of hydrogen-bond donors (Lipinski definition) is 2. The second kappa shape index (κ2) is 11.9. The van der Waals surface area contributed by atoms with E-state index >= 15 is 0 Å². The zero-order valence-corrected chi connectivity index (χ0v) is 16.9. The molecule has 0 aromatic carbocycles. The number of rotatable bonds is 10. The van der Waals surface area contributed by atoms with Crippen LogP contribution in [0.2, 0.25) is 0 Å². The first-order valence-corrected chi connectivity index (χ1v) is 9.93. The van der Waals surface area contributed by atoms with Crippen molar-refractivity contribution in [2.75, 3.05) is 7.11 Å². The fraction of sp³-hybridized carbons (Fsp3) is 0.727. The molecule has 1 saturated carbocycles. The summed E-state index contributed by atoms with van der Waals surface area (Å²) >= 11 is 0. The van der Waals surface area contributed by atoms with Crippen molar-refractivity contribution in [2.24, 2.45) is 11.8 Å². The zero-order valence-electron chi connectivity index (χ0n) is 16.9. The summed E-state index contributed by atoms with van der Waals surface area (Å²) in [6, 6.07) is 0. The van der Waals surface area contributed by atoms with Gasteiger partial charge in [0.05, 0.1) is 25.2 Å². The van der Waals surface area contributed by atoms with E-state index in [9.17, 15) is 19.8 Å². The van der Waals surface area contributed by atoms with Crippen molar-refractivity contribution >= 4 is 11.8 Å². The van der Waals surface area contributed by atoms with Gasteiger partial charge in [0.15, 0.2) is 0 Å².